The lowest BCUT2D eigenvalue weighted by atomic mass is 10.3. The van der Waals surface area contributed by atoms with Crippen LogP contribution in [0.4, 0.5) is 0 Å². The van der Waals surface area contributed by atoms with E-state index in [0.29, 0.717) is 6.04 Å². The summed E-state index contributed by atoms with van der Waals surface area (Å²) in [5, 5.41) is 5.39. The Hall–Kier alpha value is -0.450. The van der Waals surface area contributed by atoms with E-state index in [9.17, 15) is 0 Å². The van der Waals surface area contributed by atoms with Crippen LogP contribution in [0.25, 0.3) is 0 Å². The van der Waals surface area contributed by atoms with Crippen molar-refractivity contribution in [3.8, 4) is 0 Å². The Kier molecular flexibility index (Phi) is 4.97. The van der Waals surface area contributed by atoms with Crippen LogP contribution in [-0.2, 0) is 11.3 Å². The predicted octanol–water partition coefficient (Wildman–Crippen LogP) is 1.66. The Labute approximate surface area is 83.1 Å². The van der Waals surface area contributed by atoms with Gasteiger partial charge in [0.2, 0.25) is 0 Å². The minimum Gasteiger partial charge on any atom is -0.380 e. The minimum absolute atomic E-state index is 0.390. The molecule has 4 heteroatoms. The molecule has 0 radical (unpaired) electrons. The van der Waals surface area contributed by atoms with E-state index >= 15 is 0 Å². The first-order valence-electron chi connectivity index (χ1n) is 4.51. The van der Waals surface area contributed by atoms with Crippen molar-refractivity contribution in [1.82, 2.24) is 10.3 Å². The first-order valence-corrected chi connectivity index (χ1v) is 5.45. The number of aromatic nitrogens is 1. The van der Waals surface area contributed by atoms with E-state index in [1.54, 1.807) is 11.3 Å². The highest BCUT2D eigenvalue weighted by Gasteiger charge is 2.01. The van der Waals surface area contributed by atoms with E-state index in [1.165, 1.54) is 0 Å². The lowest BCUT2D eigenvalue weighted by Gasteiger charge is -2.12. The SMILES string of the molecule is CCOCC(C)NCc1cscn1. The van der Waals surface area contributed by atoms with Crippen molar-refractivity contribution in [2.45, 2.75) is 26.4 Å². The number of hydrogen-bond acceptors (Lipinski definition) is 4. The first-order chi connectivity index (χ1) is 6.33. The van der Waals surface area contributed by atoms with Gasteiger partial charge in [0.25, 0.3) is 0 Å². The van der Waals surface area contributed by atoms with E-state index in [0.717, 1.165) is 25.5 Å². The van der Waals surface area contributed by atoms with Crippen molar-refractivity contribution >= 4 is 11.3 Å². The summed E-state index contributed by atoms with van der Waals surface area (Å²) in [6.45, 7) is 6.50. The fourth-order valence-electron chi connectivity index (χ4n) is 0.957. The molecule has 0 aliphatic heterocycles. The molecule has 1 aromatic heterocycles. The highest BCUT2D eigenvalue weighted by molar-refractivity contribution is 7.07. The average Bonchev–Trinajstić information content (AvgIpc) is 2.64. The van der Waals surface area contributed by atoms with Gasteiger partial charge in [0.15, 0.2) is 0 Å². The van der Waals surface area contributed by atoms with Crippen LogP contribution in [0.1, 0.15) is 19.5 Å². The van der Waals surface area contributed by atoms with Crippen molar-refractivity contribution in [1.29, 1.82) is 0 Å². The maximum atomic E-state index is 5.28. The molecule has 74 valence electrons. The van der Waals surface area contributed by atoms with Gasteiger partial charge in [0.05, 0.1) is 17.8 Å². The second-order valence-electron chi connectivity index (χ2n) is 2.92. The fraction of sp³-hybridized carbons (Fsp3) is 0.667. The number of nitrogens with one attached hydrogen (secondary N) is 1. The van der Waals surface area contributed by atoms with Crippen molar-refractivity contribution in [2.75, 3.05) is 13.2 Å². The van der Waals surface area contributed by atoms with Crippen molar-refractivity contribution in [3.63, 3.8) is 0 Å². The quantitative estimate of drug-likeness (QED) is 0.758. The summed E-state index contributed by atoms with van der Waals surface area (Å²) in [5.74, 6) is 0. The standard InChI is InChI=1S/C9H16N2OS/c1-3-12-5-8(2)10-4-9-6-13-7-11-9/h6-8,10H,3-5H2,1-2H3. The lowest BCUT2D eigenvalue weighted by Crippen LogP contribution is -2.30. The van der Waals surface area contributed by atoms with Gasteiger partial charge in [0, 0.05) is 24.6 Å². The Bertz CT molecular complexity index is 213. The molecule has 0 aromatic carbocycles. The summed E-state index contributed by atoms with van der Waals surface area (Å²) < 4.78 is 5.28. The summed E-state index contributed by atoms with van der Waals surface area (Å²) in [5.41, 5.74) is 2.96. The largest absolute Gasteiger partial charge is 0.380 e. The van der Waals surface area contributed by atoms with Gasteiger partial charge in [-0.1, -0.05) is 0 Å². The van der Waals surface area contributed by atoms with Gasteiger partial charge < -0.3 is 10.1 Å². The third-order valence-corrected chi connectivity index (χ3v) is 2.32. The zero-order valence-electron chi connectivity index (χ0n) is 8.12. The van der Waals surface area contributed by atoms with Crippen LogP contribution >= 0.6 is 11.3 Å². The third kappa shape index (κ3) is 4.36. The normalized spacial score (nSPS) is 13.1. The van der Waals surface area contributed by atoms with Crippen LogP contribution < -0.4 is 5.32 Å². The molecule has 0 spiro atoms. The minimum atomic E-state index is 0.390. The van der Waals surface area contributed by atoms with Crippen LogP contribution in [0, 0.1) is 0 Å². The molecule has 1 aromatic rings. The zero-order chi connectivity index (χ0) is 9.52. The Morgan fingerprint density at radius 1 is 1.69 bits per heavy atom. The smallest absolute Gasteiger partial charge is 0.0795 e. The van der Waals surface area contributed by atoms with Crippen molar-refractivity contribution < 1.29 is 4.74 Å². The Morgan fingerprint density at radius 3 is 3.15 bits per heavy atom. The number of rotatable bonds is 6. The molecule has 0 saturated heterocycles. The predicted molar refractivity (Wildman–Crippen MR) is 54.9 cm³/mol. The molecule has 1 rings (SSSR count). The Morgan fingerprint density at radius 2 is 2.54 bits per heavy atom. The molecule has 3 nitrogen and oxygen atoms in total. The highest BCUT2D eigenvalue weighted by Crippen LogP contribution is 2.00. The summed E-state index contributed by atoms with van der Waals surface area (Å²) in [6, 6.07) is 0.390. The lowest BCUT2D eigenvalue weighted by molar-refractivity contribution is 0.127. The van der Waals surface area contributed by atoms with Crippen LogP contribution in [0.5, 0.6) is 0 Å². The molecule has 0 bridgehead atoms. The van der Waals surface area contributed by atoms with Gasteiger partial charge in [-0.25, -0.2) is 4.98 Å². The van der Waals surface area contributed by atoms with E-state index in [4.69, 9.17) is 4.74 Å². The molecular weight excluding hydrogens is 184 g/mol. The van der Waals surface area contributed by atoms with Crippen molar-refractivity contribution in [3.05, 3.63) is 16.6 Å². The third-order valence-electron chi connectivity index (χ3n) is 1.69. The summed E-state index contributed by atoms with van der Waals surface area (Å²) in [6.07, 6.45) is 0. The van der Waals surface area contributed by atoms with Crippen LogP contribution in [0.15, 0.2) is 10.9 Å². The van der Waals surface area contributed by atoms with Crippen molar-refractivity contribution in [2.24, 2.45) is 0 Å². The number of thiazole rings is 1. The van der Waals surface area contributed by atoms with Crippen LogP contribution in [0.2, 0.25) is 0 Å². The summed E-state index contributed by atoms with van der Waals surface area (Å²) in [4.78, 5) is 4.18. The number of hydrogen-bond donors (Lipinski definition) is 1. The second kappa shape index (κ2) is 6.07. The molecule has 0 aliphatic rings. The van der Waals surface area contributed by atoms with Gasteiger partial charge in [-0.3, -0.25) is 0 Å². The molecule has 1 N–H and O–H groups in total. The summed E-state index contributed by atoms with van der Waals surface area (Å²) in [7, 11) is 0. The molecule has 0 saturated carbocycles. The highest BCUT2D eigenvalue weighted by atomic mass is 32.1. The maximum absolute atomic E-state index is 5.28. The molecule has 0 aliphatic carbocycles. The fourth-order valence-corrected chi connectivity index (χ4v) is 1.52. The molecule has 1 atom stereocenters. The van der Waals surface area contributed by atoms with Gasteiger partial charge in [-0.05, 0) is 13.8 Å². The average molecular weight is 200 g/mol. The van der Waals surface area contributed by atoms with E-state index in [-0.39, 0.29) is 0 Å². The molecule has 0 amide bonds. The molecular formula is C9H16N2OS. The molecule has 13 heavy (non-hydrogen) atoms. The molecule has 1 heterocycles. The van der Waals surface area contributed by atoms with Crippen LogP contribution in [0.3, 0.4) is 0 Å². The zero-order valence-corrected chi connectivity index (χ0v) is 8.93. The number of nitrogens with zero attached hydrogens (tertiary/aromatic N) is 1. The van der Waals surface area contributed by atoms with E-state index in [2.05, 4.69) is 22.6 Å². The number of ether oxygens (including phenoxy) is 1. The Balaban J connectivity index is 2.11. The second-order valence-corrected chi connectivity index (χ2v) is 3.64. The van der Waals surface area contributed by atoms with E-state index < -0.39 is 0 Å². The maximum Gasteiger partial charge on any atom is 0.0795 e. The van der Waals surface area contributed by atoms with E-state index in [1.807, 2.05) is 12.4 Å². The van der Waals surface area contributed by atoms with Gasteiger partial charge in [-0.2, -0.15) is 0 Å². The first kappa shape index (κ1) is 10.6. The summed E-state index contributed by atoms with van der Waals surface area (Å²) >= 11 is 1.63. The monoisotopic (exact) mass is 200 g/mol. The van der Waals surface area contributed by atoms with Gasteiger partial charge in [0.1, 0.15) is 0 Å². The molecule has 0 fully saturated rings. The topological polar surface area (TPSA) is 34.1 Å². The molecule has 1 unspecified atom stereocenters. The van der Waals surface area contributed by atoms with Gasteiger partial charge in [-0.15, -0.1) is 11.3 Å². The van der Waals surface area contributed by atoms with Gasteiger partial charge >= 0.3 is 0 Å². The van der Waals surface area contributed by atoms with Crippen LogP contribution in [-0.4, -0.2) is 24.2 Å².